The van der Waals surface area contributed by atoms with E-state index in [2.05, 4.69) is 25.8 Å². The van der Waals surface area contributed by atoms with Crippen LogP contribution >= 0.6 is 0 Å². The molecule has 0 fully saturated rings. The smallest absolute Gasteiger partial charge is 0.315 e. The summed E-state index contributed by atoms with van der Waals surface area (Å²) in [5.74, 6) is 0.563. The number of pyridine rings is 1. The van der Waals surface area contributed by atoms with E-state index >= 15 is 0 Å². The lowest BCUT2D eigenvalue weighted by Gasteiger charge is -2.03. The van der Waals surface area contributed by atoms with E-state index in [0.29, 0.717) is 25.0 Å². The van der Waals surface area contributed by atoms with Crippen LogP contribution in [0.25, 0.3) is 0 Å². The van der Waals surface area contributed by atoms with Crippen molar-refractivity contribution >= 4 is 6.01 Å². The maximum Gasteiger partial charge on any atom is 0.315 e. The predicted octanol–water partition coefficient (Wildman–Crippen LogP) is 1.10. The highest BCUT2D eigenvalue weighted by atomic mass is 16.4. The molecule has 2 aromatic rings. The summed E-state index contributed by atoms with van der Waals surface area (Å²) in [5, 5.41) is 13.8. The molecule has 2 heterocycles. The zero-order chi connectivity index (χ0) is 12.1. The van der Waals surface area contributed by atoms with Gasteiger partial charge in [0, 0.05) is 6.20 Å². The molecule has 0 unspecified atom stereocenters. The summed E-state index contributed by atoms with van der Waals surface area (Å²) in [6.07, 6.45) is 1.77. The molecule has 0 aromatic carbocycles. The Bertz CT molecular complexity index is 482. The molecule has 0 spiro atoms. The first-order valence-corrected chi connectivity index (χ1v) is 5.41. The Morgan fingerprint density at radius 1 is 1.29 bits per heavy atom. The van der Waals surface area contributed by atoms with E-state index in [-0.39, 0.29) is 0 Å². The summed E-state index contributed by atoms with van der Waals surface area (Å²) in [7, 11) is 1.83. The third-order valence-electron chi connectivity index (χ3n) is 2.32. The van der Waals surface area contributed by atoms with Gasteiger partial charge < -0.3 is 15.1 Å². The molecule has 90 valence electrons. The molecule has 0 aliphatic heterocycles. The number of rotatable bonds is 5. The Kier molecular flexibility index (Phi) is 3.66. The van der Waals surface area contributed by atoms with E-state index in [4.69, 9.17) is 4.42 Å². The van der Waals surface area contributed by atoms with Crippen LogP contribution in [0, 0.1) is 6.92 Å². The van der Waals surface area contributed by atoms with Gasteiger partial charge in [-0.25, -0.2) is 0 Å². The Morgan fingerprint density at radius 2 is 2.18 bits per heavy atom. The van der Waals surface area contributed by atoms with Crippen LogP contribution in [0.2, 0.25) is 0 Å². The maximum absolute atomic E-state index is 5.36. The van der Waals surface area contributed by atoms with Gasteiger partial charge in [0.15, 0.2) is 0 Å². The Balaban J connectivity index is 1.95. The second-order valence-corrected chi connectivity index (χ2v) is 3.65. The van der Waals surface area contributed by atoms with Gasteiger partial charge in [0.05, 0.1) is 18.8 Å². The van der Waals surface area contributed by atoms with E-state index in [1.165, 1.54) is 0 Å². The quantitative estimate of drug-likeness (QED) is 0.805. The van der Waals surface area contributed by atoms with Gasteiger partial charge in [0.25, 0.3) is 0 Å². The standard InChI is InChI=1S/C11H15N5O/c1-8-4-3-5-13-9(8)6-14-11-16-15-10(17-11)7-12-2/h3-5,12H,6-7H2,1-2H3,(H,14,16). The molecule has 0 amide bonds. The third kappa shape index (κ3) is 3.01. The van der Waals surface area contributed by atoms with Crippen molar-refractivity contribution in [3.63, 3.8) is 0 Å². The van der Waals surface area contributed by atoms with Crippen molar-refractivity contribution in [1.29, 1.82) is 0 Å². The highest BCUT2D eigenvalue weighted by molar-refractivity contribution is 5.24. The average Bonchev–Trinajstić information content (AvgIpc) is 2.76. The molecule has 2 aromatic heterocycles. The fourth-order valence-electron chi connectivity index (χ4n) is 1.41. The molecule has 6 nitrogen and oxygen atoms in total. The second kappa shape index (κ2) is 5.40. The first-order chi connectivity index (χ1) is 8.29. The molecule has 0 saturated heterocycles. The van der Waals surface area contributed by atoms with Crippen molar-refractivity contribution < 1.29 is 4.42 Å². The van der Waals surface area contributed by atoms with Crippen LogP contribution in [0.4, 0.5) is 6.01 Å². The number of nitrogens with one attached hydrogen (secondary N) is 2. The zero-order valence-electron chi connectivity index (χ0n) is 9.90. The van der Waals surface area contributed by atoms with E-state index in [1.54, 1.807) is 6.20 Å². The van der Waals surface area contributed by atoms with Gasteiger partial charge in [0.1, 0.15) is 0 Å². The highest BCUT2D eigenvalue weighted by Gasteiger charge is 2.05. The summed E-state index contributed by atoms with van der Waals surface area (Å²) in [6.45, 7) is 3.16. The molecule has 2 rings (SSSR count). The summed E-state index contributed by atoms with van der Waals surface area (Å²) in [5.41, 5.74) is 2.11. The van der Waals surface area contributed by atoms with Crippen molar-refractivity contribution in [3.8, 4) is 0 Å². The van der Waals surface area contributed by atoms with Crippen molar-refractivity contribution in [2.24, 2.45) is 0 Å². The average molecular weight is 233 g/mol. The number of aromatic nitrogens is 3. The zero-order valence-corrected chi connectivity index (χ0v) is 9.90. The largest absolute Gasteiger partial charge is 0.407 e. The first kappa shape index (κ1) is 11.5. The fraction of sp³-hybridized carbons (Fsp3) is 0.364. The maximum atomic E-state index is 5.36. The van der Waals surface area contributed by atoms with Crippen LogP contribution in [0.3, 0.4) is 0 Å². The topological polar surface area (TPSA) is 75.9 Å². The molecule has 0 aliphatic rings. The number of hydrogen-bond donors (Lipinski definition) is 2. The van der Waals surface area contributed by atoms with Gasteiger partial charge in [-0.1, -0.05) is 11.2 Å². The Morgan fingerprint density at radius 3 is 2.94 bits per heavy atom. The van der Waals surface area contributed by atoms with Crippen LogP contribution in [0.15, 0.2) is 22.7 Å². The van der Waals surface area contributed by atoms with Crippen LogP contribution in [0.5, 0.6) is 0 Å². The molecule has 6 heteroatoms. The summed E-state index contributed by atoms with van der Waals surface area (Å²) < 4.78 is 5.36. The van der Waals surface area contributed by atoms with Crippen molar-refractivity contribution in [1.82, 2.24) is 20.5 Å². The van der Waals surface area contributed by atoms with Crippen LogP contribution in [0.1, 0.15) is 17.1 Å². The minimum atomic E-state index is 0.417. The monoisotopic (exact) mass is 233 g/mol. The molecule has 2 N–H and O–H groups in total. The van der Waals surface area contributed by atoms with Gasteiger partial charge in [-0.3, -0.25) is 4.98 Å². The normalized spacial score (nSPS) is 10.5. The van der Waals surface area contributed by atoms with E-state index in [9.17, 15) is 0 Å². The molecular formula is C11H15N5O. The van der Waals surface area contributed by atoms with Gasteiger partial charge in [-0.15, -0.1) is 5.10 Å². The van der Waals surface area contributed by atoms with Crippen molar-refractivity contribution in [3.05, 3.63) is 35.5 Å². The Hall–Kier alpha value is -1.95. The summed E-state index contributed by atoms with van der Waals surface area (Å²) in [6, 6.07) is 4.35. The first-order valence-electron chi connectivity index (χ1n) is 5.41. The molecular weight excluding hydrogens is 218 g/mol. The van der Waals surface area contributed by atoms with Gasteiger partial charge in [-0.05, 0) is 25.6 Å². The summed E-state index contributed by atoms with van der Waals surface area (Å²) in [4.78, 5) is 4.27. The van der Waals surface area contributed by atoms with Crippen LogP contribution in [-0.4, -0.2) is 22.2 Å². The fourth-order valence-corrected chi connectivity index (χ4v) is 1.41. The number of anilines is 1. The molecule has 0 bridgehead atoms. The van der Waals surface area contributed by atoms with Crippen LogP contribution < -0.4 is 10.6 Å². The van der Waals surface area contributed by atoms with Gasteiger partial charge >= 0.3 is 6.01 Å². The Labute approximate surface area is 99.5 Å². The lowest BCUT2D eigenvalue weighted by molar-refractivity contribution is 0.489. The summed E-state index contributed by atoms with van der Waals surface area (Å²) >= 11 is 0. The lowest BCUT2D eigenvalue weighted by Crippen LogP contribution is -2.05. The highest BCUT2D eigenvalue weighted by Crippen LogP contribution is 2.08. The van der Waals surface area contributed by atoms with E-state index < -0.39 is 0 Å². The number of nitrogens with zero attached hydrogens (tertiary/aromatic N) is 3. The molecule has 0 radical (unpaired) electrons. The SMILES string of the molecule is CNCc1nnc(NCc2ncccc2C)o1. The predicted molar refractivity (Wildman–Crippen MR) is 63.4 cm³/mol. The minimum absolute atomic E-state index is 0.417. The lowest BCUT2D eigenvalue weighted by atomic mass is 10.2. The molecule has 0 atom stereocenters. The number of hydrogen-bond acceptors (Lipinski definition) is 6. The van der Waals surface area contributed by atoms with E-state index in [0.717, 1.165) is 11.3 Å². The molecule has 0 saturated carbocycles. The van der Waals surface area contributed by atoms with Gasteiger partial charge in [0.2, 0.25) is 5.89 Å². The minimum Gasteiger partial charge on any atom is -0.407 e. The number of aryl methyl sites for hydroxylation is 1. The van der Waals surface area contributed by atoms with Crippen molar-refractivity contribution in [2.45, 2.75) is 20.0 Å². The molecule has 0 aliphatic carbocycles. The van der Waals surface area contributed by atoms with Gasteiger partial charge in [-0.2, -0.15) is 0 Å². The van der Waals surface area contributed by atoms with Crippen molar-refractivity contribution in [2.75, 3.05) is 12.4 Å². The third-order valence-corrected chi connectivity index (χ3v) is 2.32. The second-order valence-electron chi connectivity index (χ2n) is 3.65. The van der Waals surface area contributed by atoms with E-state index in [1.807, 2.05) is 26.1 Å². The van der Waals surface area contributed by atoms with Crippen LogP contribution in [-0.2, 0) is 13.1 Å². The molecule has 17 heavy (non-hydrogen) atoms.